The number of ether oxygens (including phenoxy) is 2. The molecule has 1 saturated heterocycles. The lowest BCUT2D eigenvalue weighted by atomic mass is 10.1. The van der Waals surface area contributed by atoms with Gasteiger partial charge in [-0.05, 0) is 55.3 Å². The third kappa shape index (κ3) is 6.75. The Kier molecular flexibility index (Phi) is 7.87. The van der Waals surface area contributed by atoms with Crippen LogP contribution in [0, 0.1) is 5.82 Å². The lowest BCUT2D eigenvalue weighted by Crippen LogP contribution is -2.49. The van der Waals surface area contributed by atoms with Crippen molar-refractivity contribution < 1.29 is 18.7 Å². The molecule has 2 aromatic carbocycles. The molecule has 156 valence electrons. The fourth-order valence-electron chi connectivity index (χ4n) is 3.37. The van der Waals surface area contributed by atoms with Crippen molar-refractivity contribution >= 4 is 5.91 Å². The number of nitrogens with zero attached hydrogens (tertiary/aromatic N) is 2. The molecule has 0 N–H and O–H groups in total. The standard InChI is InChI=1S/C23H29FN2O3/c1-2-28-21-8-3-19(4-9-21)5-12-23(27)26-15-13-25(14-16-26)17-18-29-22-10-6-20(24)7-11-22/h3-4,6-11H,2,5,12-18H2,1H3. The molecule has 0 aliphatic carbocycles. The molecule has 1 aliphatic heterocycles. The average molecular weight is 400 g/mol. The predicted molar refractivity (Wildman–Crippen MR) is 111 cm³/mol. The molecular formula is C23H29FN2O3. The first-order valence-corrected chi connectivity index (χ1v) is 10.2. The first kappa shape index (κ1) is 21.1. The van der Waals surface area contributed by atoms with Gasteiger partial charge in [0.05, 0.1) is 6.61 Å². The Hall–Kier alpha value is -2.60. The summed E-state index contributed by atoms with van der Waals surface area (Å²) in [7, 11) is 0. The zero-order valence-corrected chi connectivity index (χ0v) is 17.0. The summed E-state index contributed by atoms with van der Waals surface area (Å²) in [6, 6.07) is 14.0. The minimum absolute atomic E-state index is 0.209. The van der Waals surface area contributed by atoms with Gasteiger partial charge in [-0.2, -0.15) is 0 Å². The summed E-state index contributed by atoms with van der Waals surface area (Å²) in [5.74, 6) is 1.48. The van der Waals surface area contributed by atoms with Gasteiger partial charge in [-0.1, -0.05) is 12.1 Å². The number of piperazine rings is 1. The van der Waals surface area contributed by atoms with E-state index in [0.717, 1.165) is 50.5 Å². The summed E-state index contributed by atoms with van der Waals surface area (Å²) in [6.07, 6.45) is 1.28. The molecule has 3 rings (SSSR count). The SMILES string of the molecule is CCOc1ccc(CCC(=O)N2CCN(CCOc3ccc(F)cc3)CC2)cc1. The first-order valence-electron chi connectivity index (χ1n) is 10.2. The van der Waals surface area contributed by atoms with Crippen LogP contribution in [0.5, 0.6) is 11.5 Å². The number of benzene rings is 2. The zero-order valence-electron chi connectivity index (χ0n) is 17.0. The molecule has 0 atom stereocenters. The van der Waals surface area contributed by atoms with Gasteiger partial charge in [0, 0.05) is 39.1 Å². The number of rotatable bonds is 9. The summed E-state index contributed by atoms with van der Waals surface area (Å²) in [4.78, 5) is 16.7. The Morgan fingerprint density at radius 1 is 0.931 bits per heavy atom. The number of hydrogen-bond donors (Lipinski definition) is 0. The molecule has 5 nitrogen and oxygen atoms in total. The lowest BCUT2D eigenvalue weighted by Gasteiger charge is -2.34. The Labute approximate surface area is 172 Å². The molecule has 0 unspecified atom stereocenters. The lowest BCUT2D eigenvalue weighted by molar-refractivity contribution is -0.132. The van der Waals surface area contributed by atoms with Crippen molar-refractivity contribution in [3.05, 3.63) is 59.9 Å². The van der Waals surface area contributed by atoms with Crippen molar-refractivity contribution in [1.82, 2.24) is 9.80 Å². The largest absolute Gasteiger partial charge is 0.494 e. The Balaban J connectivity index is 1.33. The van der Waals surface area contributed by atoms with E-state index in [2.05, 4.69) is 4.90 Å². The van der Waals surface area contributed by atoms with Crippen LogP contribution in [0.15, 0.2) is 48.5 Å². The summed E-state index contributed by atoms with van der Waals surface area (Å²) >= 11 is 0. The Bertz CT molecular complexity index is 757. The molecule has 1 amide bonds. The van der Waals surface area contributed by atoms with E-state index in [4.69, 9.17) is 9.47 Å². The van der Waals surface area contributed by atoms with Gasteiger partial charge in [-0.3, -0.25) is 9.69 Å². The van der Waals surface area contributed by atoms with Crippen LogP contribution in [0.1, 0.15) is 18.9 Å². The van der Waals surface area contributed by atoms with Crippen molar-refractivity contribution in [2.24, 2.45) is 0 Å². The minimum Gasteiger partial charge on any atom is -0.494 e. The second-order valence-electron chi connectivity index (χ2n) is 7.10. The highest BCUT2D eigenvalue weighted by molar-refractivity contribution is 5.76. The van der Waals surface area contributed by atoms with Gasteiger partial charge in [0.1, 0.15) is 23.9 Å². The van der Waals surface area contributed by atoms with Crippen LogP contribution in [-0.2, 0) is 11.2 Å². The zero-order chi connectivity index (χ0) is 20.5. The number of aryl methyl sites for hydroxylation is 1. The molecule has 0 saturated carbocycles. The highest BCUT2D eigenvalue weighted by Gasteiger charge is 2.20. The second-order valence-corrected chi connectivity index (χ2v) is 7.10. The van der Waals surface area contributed by atoms with Crippen LogP contribution in [0.3, 0.4) is 0 Å². The van der Waals surface area contributed by atoms with Crippen LogP contribution in [0.25, 0.3) is 0 Å². The summed E-state index contributed by atoms with van der Waals surface area (Å²) < 4.78 is 24.0. The van der Waals surface area contributed by atoms with E-state index >= 15 is 0 Å². The van der Waals surface area contributed by atoms with Gasteiger partial charge in [0.2, 0.25) is 5.91 Å². The molecule has 1 heterocycles. The van der Waals surface area contributed by atoms with Crippen molar-refractivity contribution in [3.8, 4) is 11.5 Å². The highest BCUT2D eigenvalue weighted by Crippen LogP contribution is 2.15. The van der Waals surface area contributed by atoms with Crippen LogP contribution in [-0.4, -0.2) is 61.6 Å². The van der Waals surface area contributed by atoms with E-state index in [1.807, 2.05) is 36.1 Å². The molecule has 0 spiro atoms. The van der Waals surface area contributed by atoms with Gasteiger partial charge < -0.3 is 14.4 Å². The summed E-state index contributed by atoms with van der Waals surface area (Å²) in [5.41, 5.74) is 1.15. The quantitative estimate of drug-likeness (QED) is 0.647. The topological polar surface area (TPSA) is 42.0 Å². The van der Waals surface area contributed by atoms with Crippen LogP contribution in [0.4, 0.5) is 4.39 Å². The van der Waals surface area contributed by atoms with E-state index in [0.29, 0.717) is 25.4 Å². The van der Waals surface area contributed by atoms with E-state index in [-0.39, 0.29) is 11.7 Å². The van der Waals surface area contributed by atoms with Gasteiger partial charge in [0.25, 0.3) is 0 Å². The molecule has 6 heteroatoms. The number of carbonyl (C=O) groups excluding carboxylic acids is 1. The van der Waals surface area contributed by atoms with Crippen molar-refractivity contribution in [1.29, 1.82) is 0 Å². The Morgan fingerprint density at radius 2 is 1.55 bits per heavy atom. The second kappa shape index (κ2) is 10.8. The fourth-order valence-corrected chi connectivity index (χ4v) is 3.37. The van der Waals surface area contributed by atoms with Crippen LogP contribution < -0.4 is 9.47 Å². The average Bonchev–Trinajstić information content (AvgIpc) is 2.75. The van der Waals surface area contributed by atoms with Crippen LogP contribution >= 0.6 is 0 Å². The highest BCUT2D eigenvalue weighted by atomic mass is 19.1. The van der Waals surface area contributed by atoms with Crippen molar-refractivity contribution in [2.45, 2.75) is 19.8 Å². The third-order valence-corrected chi connectivity index (χ3v) is 5.08. The molecule has 0 bridgehead atoms. The number of amides is 1. The number of hydrogen-bond acceptors (Lipinski definition) is 4. The van der Waals surface area contributed by atoms with E-state index in [9.17, 15) is 9.18 Å². The van der Waals surface area contributed by atoms with E-state index in [1.54, 1.807) is 12.1 Å². The van der Waals surface area contributed by atoms with Crippen molar-refractivity contribution in [3.63, 3.8) is 0 Å². The van der Waals surface area contributed by atoms with E-state index in [1.165, 1.54) is 12.1 Å². The summed E-state index contributed by atoms with van der Waals surface area (Å²) in [6.45, 7) is 7.16. The smallest absolute Gasteiger partial charge is 0.222 e. The molecule has 2 aromatic rings. The maximum Gasteiger partial charge on any atom is 0.222 e. The fraction of sp³-hybridized carbons (Fsp3) is 0.435. The van der Waals surface area contributed by atoms with Gasteiger partial charge in [-0.25, -0.2) is 4.39 Å². The number of carbonyl (C=O) groups is 1. The van der Waals surface area contributed by atoms with Gasteiger partial charge in [0.15, 0.2) is 0 Å². The van der Waals surface area contributed by atoms with Gasteiger partial charge >= 0.3 is 0 Å². The molecule has 0 aromatic heterocycles. The summed E-state index contributed by atoms with van der Waals surface area (Å²) in [5, 5.41) is 0. The van der Waals surface area contributed by atoms with Crippen LogP contribution in [0.2, 0.25) is 0 Å². The van der Waals surface area contributed by atoms with Gasteiger partial charge in [-0.15, -0.1) is 0 Å². The molecule has 1 aliphatic rings. The predicted octanol–water partition coefficient (Wildman–Crippen LogP) is 3.38. The first-order chi connectivity index (χ1) is 14.1. The minimum atomic E-state index is -0.263. The number of halogens is 1. The third-order valence-electron chi connectivity index (χ3n) is 5.08. The van der Waals surface area contributed by atoms with E-state index < -0.39 is 0 Å². The molecule has 29 heavy (non-hydrogen) atoms. The normalized spacial score (nSPS) is 14.6. The molecular weight excluding hydrogens is 371 g/mol. The molecule has 1 fully saturated rings. The molecule has 0 radical (unpaired) electrons. The Morgan fingerprint density at radius 3 is 2.21 bits per heavy atom. The maximum absolute atomic E-state index is 12.9. The van der Waals surface area contributed by atoms with Crippen molar-refractivity contribution in [2.75, 3.05) is 45.9 Å². The maximum atomic E-state index is 12.9. The monoisotopic (exact) mass is 400 g/mol.